The van der Waals surface area contributed by atoms with Crippen molar-refractivity contribution >= 4 is 46.4 Å². The number of ether oxygens (including phenoxy) is 1. The third-order valence-electron chi connectivity index (χ3n) is 3.82. The number of guanidine groups is 1. The third-order valence-corrected chi connectivity index (χ3v) is 4.65. The summed E-state index contributed by atoms with van der Waals surface area (Å²) in [7, 11) is 0. The highest BCUT2D eigenvalue weighted by molar-refractivity contribution is 14.0. The van der Waals surface area contributed by atoms with Crippen LogP contribution in [0, 0.1) is 11.6 Å². The zero-order valence-corrected chi connectivity index (χ0v) is 17.1. The van der Waals surface area contributed by atoms with Gasteiger partial charge in [0.05, 0.1) is 6.54 Å². The van der Waals surface area contributed by atoms with Crippen molar-refractivity contribution in [2.75, 3.05) is 44.2 Å². The van der Waals surface area contributed by atoms with Gasteiger partial charge in [0.25, 0.3) is 0 Å². The minimum absolute atomic E-state index is 0. The number of hydrogen-bond donors (Lipinski definition) is 1. The minimum Gasteiger partial charge on any atom is -0.492 e. The molecule has 0 atom stereocenters. The Bertz CT molecular complexity index is 723. The monoisotopic (exact) mass is 495 g/mol. The van der Waals surface area contributed by atoms with Gasteiger partial charge in [-0.05, 0) is 12.1 Å². The molecule has 1 aliphatic heterocycles. The molecule has 1 aromatic carbocycles. The van der Waals surface area contributed by atoms with E-state index in [1.165, 1.54) is 6.07 Å². The quantitative estimate of drug-likeness (QED) is 0.299. The van der Waals surface area contributed by atoms with Gasteiger partial charge < -0.3 is 20.3 Å². The normalized spacial score (nSPS) is 14.9. The van der Waals surface area contributed by atoms with Crippen molar-refractivity contribution < 1.29 is 13.5 Å². The summed E-state index contributed by atoms with van der Waals surface area (Å²) >= 11 is 1.62. The highest BCUT2D eigenvalue weighted by Crippen LogP contribution is 2.18. The number of thiazole rings is 1. The van der Waals surface area contributed by atoms with E-state index in [9.17, 15) is 8.78 Å². The van der Waals surface area contributed by atoms with Crippen LogP contribution < -0.4 is 15.4 Å². The van der Waals surface area contributed by atoms with E-state index in [1.54, 1.807) is 17.5 Å². The molecule has 2 aromatic rings. The van der Waals surface area contributed by atoms with Crippen LogP contribution in [0.4, 0.5) is 13.9 Å². The van der Waals surface area contributed by atoms with E-state index in [4.69, 9.17) is 10.5 Å². The SMILES string of the molecule is I.NC(=NCCOc1ccc(F)c(F)c1)N1CCN(c2nccs2)CC1. The third kappa shape index (κ3) is 5.40. The Morgan fingerprint density at radius 3 is 2.65 bits per heavy atom. The van der Waals surface area contributed by atoms with Gasteiger partial charge in [-0.15, -0.1) is 35.3 Å². The van der Waals surface area contributed by atoms with Gasteiger partial charge in [0.15, 0.2) is 22.7 Å². The number of aliphatic imine (C=N–C) groups is 1. The number of piperazine rings is 1. The predicted octanol–water partition coefficient (Wildman–Crippen LogP) is 2.56. The van der Waals surface area contributed by atoms with Crippen LogP contribution >= 0.6 is 35.3 Å². The molecular formula is C16H20F2IN5OS. The molecule has 0 unspecified atom stereocenters. The average Bonchev–Trinajstić information content (AvgIpc) is 3.16. The van der Waals surface area contributed by atoms with Crippen LogP contribution in [0.2, 0.25) is 0 Å². The molecule has 142 valence electrons. The van der Waals surface area contributed by atoms with E-state index in [2.05, 4.69) is 14.9 Å². The Morgan fingerprint density at radius 2 is 2.00 bits per heavy atom. The van der Waals surface area contributed by atoms with Gasteiger partial charge in [-0.2, -0.15) is 0 Å². The first kappa shape index (κ1) is 20.6. The zero-order chi connectivity index (χ0) is 17.6. The maximum Gasteiger partial charge on any atom is 0.191 e. The average molecular weight is 495 g/mol. The summed E-state index contributed by atoms with van der Waals surface area (Å²) < 4.78 is 31.3. The number of halogens is 3. The largest absolute Gasteiger partial charge is 0.492 e. The van der Waals surface area contributed by atoms with Crippen molar-refractivity contribution in [3.8, 4) is 5.75 Å². The summed E-state index contributed by atoms with van der Waals surface area (Å²) in [5.74, 6) is -1.09. The van der Waals surface area contributed by atoms with Gasteiger partial charge in [-0.3, -0.25) is 0 Å². The fourth-order valence-corrected chi connectivity index (χ4v) is 3.19. The molecule has 0 amide bonds. The first-order chi connectivity index (χ1) is 12.1. The second kappa shape index (κ2) is 9.86. The maximum absolute atomic E-state index is 13.1. The molecule has 0 saturated carbocycles. The summed E-state index contributed by atoms with van der Waals surface area (Å²) in [5, 5.41) is 2.99. The first-order valence-electron chi connectivity index (χ1n) is 7.90. The van der Waals surface area contributed by atoms with Crippen molar-refractivity contribution in [1.29, 1.82) is 0 Å². The zero-order valence-electron chi connectivity index (χ0n) is 14.0. The number of anilines is 1. The fourth-order valence-electron chi connectivity index (χ4n) is 2.49. The summed E-state index contributed by atoms with van der Waals surface area (Å²) in [5.41, 5.74) is 6.02. The Labute approximate surface area is 171 Å². The molecule has 1 aromatic heterocycles. The van der Waals surface area contributed by atoms with Crippen molar-refractivity contribution in [1.82, 2.24) is 9.88 Å². The van der Waals surface area contributed by atoms with Crippen molar-refractivity contribution in [2.45, 2.75) is 0 Å². The maximum atomic E-state index is 13.1. The van der Waals surface area contributed by atoms with E-state index >= 15 is 0 Å². The van der Waals surface area contributed by atoms with Gasteiger partial charge in [-0.1, -0.05) is 0 Å². The number of hydrogen-bond acceptors (Lipinski definition) is 5. The molecule has 0 spiro atoms. The highest BCUT2D eigenvalue weighted by Gasteiger charge is 2.19. The summed E-state index contributed by atoms with van der Waals surface area (Å²) in [6, 6.07) is 3.42. The van der Waals surface area contributed by atoms with Gasteiger partial charge in [0.1, 0.15) is 12.4 Å². The smallest absolute Gasteiger partial charge is 0.191 e. The summed E-state index contributed by atoms with van der Waals surface area (Å²) in [6.07, 6.45) is 1.80. The second-order valence-electron chi connectivity index (χ2n) is 5.45. The standard InChI is InChI=1S/C16H19F2N5OS.HI/c17-13-2-1-12(11-14(13)18)24-9-3-20-15(19)22-5-7-23(8-6-22)16-21-4-10-25-16;/h1-2,4,10-11H,3,5-9H2,(H2,19,20);1H. The molecule has 1 saturated heterocycles. The molecule has 3 rings (SSSR count). The first-order valence-corrected chi connectivity index (χ1v) is 8.78. The molecule has 1 fully saturated rings. The van der Waals surface area contributed by atoms with Crippen molar-refractivity contribution in [2.24, 2.45) is 10.7 Å². The van der Waals surface area contributed by atoms with Gasteiger partial charge in [0, 0.05) is 43.8 Å². The van der Waals surface area contributed by atoms with E-state index in [0.717, 1.165) is 43.4 Å². The number of nitrogens with two attached hydrogens (primary N) is 1. The van der Waals surface area contributed by atoms with Gasteiger partial charge >= 0.3 is 0 Å². The van der Waals surface area contributed by atoms with Crippen LogP contribution in [-0.2, 0) is 0 Å². The number of benzene rings is 1. The lowest BCUT2D eigenvalue weighted by molar-refractivity contribution is 0.323. The highest BCUT2D eigenvalue weighted by atomic mass is 127. The van der Waals surface area contributed by atoms with Crippen LogP contribution in [-0.4, -0.2) is 55.2 Å². The van der Waals surface area contributed by atoms with Crippen molar-refractivity contribution in [3.05, 3.63) is 41.4 Å². The number of aromatic nitrogens is 1. The molecule has 26 heavy (non-hydrogen) atoms. The molecule has 0 bridgehead atoms. The van der Waals surface area contributed by atoms with Crippen molar-refractivity contribution in [3.63, 3.8) is 0 Å². The van der Waals surface area contributed by atoms with Crippen LogP contribution in [0.1, 0.15) is 0 Å². The molecule has 10 heteroatoms. The van der Waals surface area contributed by atoms with Gasteiger partial charge in [-0.25, -0.2) is 18.8 Å². The molecule has 0 aliphatic carbocycles. The molecule has 2 N–H and O–H groups in total. The van der Waals surface area contributed by atoms with E-state index in [1.807, 2.05) is 10.3 Å². The lowest BCUT2D eigenvalue weighted by atomic mass is 10.3. The summed E-state index contributed by atoms with van der Waals surface area (Å²) in [6.45, 7) is 3.82. The second-order valence-corrected chi connectivity index (χ2v) is 6.33. The van der Waals surface area contributed by atoms with Crippen LogP contribution in [0.25, 0.3) is 0 Å². The number of nitrogens with zero attached hydrogens (tertiary/aromatic N) is 4. The van der Waals surface area contributed by atoms with Crippen LogP contribution in [0.3, 0.4) is 0 Å². The molecule has 0 radical (unpaired) electrons. The molecule has 2 heterocycles. The Morgan fingerprint density at radius 1 is 1.23 bits per heavy atom. The van der Waals surface area contributed by atoms with E-state index in [0.29, 0.717) is 12.5 Å². The molecule has 6 nitrogen and oxygen atoms in total. The Balaban J connectivity index is 0.00000243. The van der Waals surface area contributed by atoms with Gasteiger partial charge in [0.2, 0.25) is 0 Å². The molecular weight excluding hydrogens is 475 g/mol. The topological polar surface area (TPSA) is 67.0 Å². The Hall–Kier alpha value is -1.69. The Kier molecular flexibility index (Phi) is 7.82. The molecule has 1 aliphatic rings. The van der Waals surface area contributed by atoms with Crippen LogP contribution in [0.15, 0.2) is 34.8 Å². The van der Waals surface area contributed by atoms with E-state index < -0.39 is 11.6 Å². The van der Waals surface area contributed by atoms with E-state index in [-0.39, 0.29) is 36.3 Å². The minimum atomic E-state index is -0.932. The number of rotatable bonds is 5. The lowest BCUT2D eigenvalue weighted by Gasteiger charge is -2.35. The summed E-state index contributed by atoms with van der Waals surface area (Å²) in [4.78, 5) is 12.8. The fraction of sp³-hybridized carbons (Fsp3) is 0.375. The predicted molar refractivity (Wildman–Crippen MR) is 110 cm³/mol. The lowest BCUT2D eigenvalue weighted by Crippen LogP contribution is -2.51. The van der Waals surface area contributed by atoms with Crippen LogP contribution in [0.5, 0.6) is 5.75 Å².